The van der Waals surface area contributed by atoms with Crippen molar-refractivity contribution in [2.24, 2.45) is 0 Å². The van der Waals surface area contributed by atoms with Gasteiger partial charge in [0.25, 0.3) is 5.91 Å². The minimum atomic E-state index is -3.60. The first-order valence-electron chi connectivity index (χ1n) is 10.8. The van der Waals surface area contributed by atoms with Gasteiger partial charge in [0, 0.05) is 24.7 Å². The number of methoxy groups -OCH3 is 2. The van der Waals surface area contributed by atoms with Crippen LogP contribution in [0.15, 0.2) is 41.3 Å². The molecule has 10 heteroatoms. The largest absolute Gasteiger partial charge is 0.497 e. The summed E-state index contributed by atoms with van der Waals surface area (Å²) in [6.45, 7) is 3.09. The second-order valence-electron chi connectivity index (χ2n) is 7.67. The Morgan fingerprint density at radius 3 is 2.36 bits per heavy atom. The average Bonchev–Trinajstić information content (AvgIpc) is 2.83. The fraction of sp³-hybridized carbons (Fsp3) is 0.435. The molecule has 0 spiro atoms. The van der Waals surface area contributed by atoms with E-state index in [0.717, 1.165) is 6.42 Å². The number of sulfonamides is 1. The van der Waals surface area contributed by atoms with Crippen LogP contribution in [0.5, 0.6) is 17.2 Å². The molecule has 1 heterocycles. The molecule has 1 saturated heterocycles. The van der Waals surface area contributed by atoms with E-state index in [4.69, 9.17) is 25.8 Å². The molecule has 0 aromatic heterocycles. The minimum absolute atomic E-state index is 0.152. The lowest BCUT2D eigenvalue weighted by Gasteiger charge is -2.31. The number of amides is 1. The van der Waals surface area contributed by atoms with Gasteiger partial charge in [0.2, 0.25) is 10.0 Å². The molecule has 8 nitrogen and oxygen atoms in total. The molecule has 1 aliphatic heterocycles. The van der Waals surface area contributed by atoms with Crippen LogP contribution in [0.1, 0.15) is 36.5 Å². The molecule has 1 fully saturated rings. The lowest BCUT2D eigenvalue weighted by Crippen LogP contribution is -2.46. The molecule has 2 aromatic carbocycles. The molecule has 0 aliphatic carbocycles. The van der Waals surface area contributed by atoms with Gasteiger partial charge in [-0.3, -0.25) is 4.79 Å². The van der Waals surface area contributed by atoms with Crippen molar-refractivity contribution in [1.82, 2.24) is 9.62 Å². The number of ether oxygens (including phenoxy) is 3. The van der Waals surface area contributed by atoms with Crippen molar-refractivity contribution in [3.05, 3.63) is 47.0 Å². The number of carbonyl (C=O) groups is 1. The number of piperidine rings is 1. The topological polar surface area (TPSA) is 94.2 Å². The Morgan fingerprint density at radius 1 is 1.12 bits per heavy atom. The first-order chi connectivity index (χ1) is 15.8. The molecule has 2 aromatic rings. The normalized spacial score (nSPS) is 15.2. The summed E-state index contributed by atoms with van der Waals surface area (Å²) in [7, 11) is -0.581. The van der Waals surface area contributed by atoms with Gasteiger partial charge in [0.05, 0.1) is 30.7 Å². The molecule has 0 unspecified atom stereocenters. The second kappa shape index (κ2) is 11.1. The summed E-state index contributed by atoms with van der Waals surface area (Å²) in [5.41, 5.74) is 0.356. The summed E-state index contributed by atoms with van der Waals surface area (Å²) in [5, 5.41) is 3.27. The van der Waals surface area contributed by atoms with Crippen LogP contribution in [0.4, 0.5) is 0 Å². The maximum Gasteiger partial charge on any atom is 0.251 e. The van der Waals surface area contributed by atoms with Crippen molar-refractivity contribution in [2.45, 2.75) is 37.1 Å². The summed E-state index contributed by atoms with van der Waals surface area (Å²) >= 11 is 6.32. The third-order valence-corrected chi connectivity index (χ3v) is 7.62. The number of nitrogens with zero attached hydrogens (tertiary/aromatic N) is 1. The third-order valence-electron chi connectivity index (χ3n) is 5.43. The van der Waals surface area contributed by atoms with Crippen LogP contribution in [0, 0.1) is 0 Å². The van der Waals surface area contributed by atoms with Gasteiger partial charge >= 0.3 is 0 Å². The fourth-order valence-corrected chi connectivity index (χ4v) is 5.34. The lowest BCUT2D eigenvalue weighted by molar-refractivity contribution is 0.0923. The second-order valence-corrected chi connectivity index (χ2v) is 10.0. The summed E-state index contributed by atoms with van der Waals surface area (Å²) < 4.78 is 43.3. The number of benzene rings is 2. The van der Waals surface area contributed by atoms with Gasteiger partial charge in [0.1, 0.15) is 5.75 Å². The molecule has 0 atom stereocenters. The predicted molar refractivity (Wildman–Crippen MR) is 126 cm³/mol. The van der Waals surface area contributed by atoms with Gasteiger partial charge in [-0.25, -0.2) is 8.42 Å². The Labute approximate surface area is 199 Å². The Morgan fingerprint density at radius 2 is 1.79 bits per heavy atom. The van der Waals surface area contributed by atoms with E-state index in [2.05, 4.69) is 5.32 Å². The summed E-state index contributed by atoms with van der Waals surface area (Å²) in [6, 6.07) is 9.31. The lowest BCUT2D eigenvalue weighted by atomic mass is 10.1. The van der Waals surface area contributed by atoms with E-state index in [1.54, 1.807) is 24.3 Å². The predicted octanol–water partition coefficient (Wildman–Crippen LogP) is 3.73. The van der Waals surface area contributed by atoms with E-state index in [9.17, 15) is 13.2 Å². The third kappa shape index (κ3) is 5.90. The molecule has 1 N–H and O–H groups in total. The number of nitrogens with one attached hydrogen (secondary N) is 1. The van der Waals surface area contributed by atoms with E-state index in [1.165, 1.54) is 30.7 Å². The zero-order chi connectivity index (χ0) is 24.0. The number of carbonyl (C=O) groups excluding carboxylic acids is 1. The Bertz CT molecular complexity index is 1070. The Kier molecular flexibility index (Phi) is 8.45. The quantitative estimate of drug-likeness (QED) is 0.568. The number of halogens is 1. The standard InChI is InChI=1S/C23H29ClN2O6S/c1-4-13-32-22-20(24)14-16(15-21(22)31-3)23(27)25-17-9-11-26(12-10-17)33(28,29)19-7-5-18(30-2)6-8-19/h5-8,14-15,17H,4,9-13H2,1-3H3,(H,25,27). The summed E-state index contributed by atoms with van der Waals surface area (Å²) in [6.07, 6.45) is 1.82. The van der Waals surface area contributed by atoms with E-state index in [1.807, 2.05) is 6.92 Å². The Balaban J connectivity index is 1.62. The number of rotatable bonds is 9. The van der Waals surface area contributed by atoms with E-state index in [0.29, 0.717) is 60.4 Å². The van der Waals surface area contributed by atoms with Crippen molar-refractivity contribution in [1.29, 1.82) is 0 Å². The molecule has 0 radical (unpaired) electrons. The van der Waals surface area contributed by atoms with Gasteiger partial charge in [-0.1, -0.05) is 18.5 Å². The Hall–Kier alpha value is -2.49. The highest BCUT2D eigenvalue weighted by molar-refractivity contribution is 7.89. The van der Waals surface area contributed by atoms with Crippen LogP contribution in [-0.2, 0) is 10.0 Å². The maximum absolute atomic E-state index is 12.9. The zero-order valence-corrected chi connectivity index (χ0v) is 20.5. The van der Waals surface area contributed by atoms with Crippen LogP contribution in [0.2, 0.25) is 5.02 Å². The zero-order valence-electron chi connectivity index (χ0n) is 19.0. The maximum atomic E-state index is 12.9. The van der Waals surface area contributed by atoms with Crippen molar-refractivity contribution >= 4 is 27.5 Å². The first-order valence-corrected chi connectivity index (χ1v) is 12.6. The SMILES string of the molecule is CCCOc1c(Cl)cc(C(=O)NC2CCN(S(=O)(=O)c3ccc(OC)cc3)CC2)cc1OC. The van der Waals surface area contributed by atoms with Crippen molar-refractivity contribution < 1.29 is 27.4 Å². The molecule has 1 aliphatic rings. The first kappa shape index (κ1) is 25.1. The smallest absolute Gasteiger partial charge is 0.251 e. The van der Waals surface area contributed by atoms with E-state index in [-0.39, 0.29) is 16.8 Å². The summed E-state index contributed by atoms with van der Waals surface area (Å²) in [4.78, 5) is 13.0. The minimum Gasteiger partial charge on any atom is -0.497 e. The fourth-order valence-electron chi connectivity index (χ4n) is 3.60. The molecule has 33 heavy (non-hydrogen) atoms. The van der Waals surface area contributed by atoms with Gasteiger partial charge < -0.3 is 19.5 Å². The molecule has 3 rings (SSSR count). The highest BCUT2D eigenvalue weighted by Crippen LogP contribution is 2.36. The van der Waals surface area contributed by atoms with Gasteiger partial charge in [-0.05, 0) is 55.7 Å². The van der Waals surface area contributed by atoms with Crippen LogP contribution in [0.3, 0.4) is 0 Å². The molecule has 0 bridgehead atoms. The van der Waals surface area contributed by atoms with Crippen LogP contribution in [-0.4, -0.2) is 58.6 Å². The number of hydrogen-bond acceptors (Lipinski definition) is 6. The molecule has 180 valence electrons. The van der Waals surface area contributed by atoms with E-state index < -0.39 is 10.0 Å². The van der Waals surface area contributed by atoms with Crippen molar-refractivity contribution in [3.63, 3.8) is 0 Å². The molecule has 1 amide bonds. The summed E-state index contributed by atoms with van der Waals surface area (Å²) in [5.74, 6) is 1.10. The van der Waals surface area contributed by atoms with Gasteiger partial charge in [-0.15, -0.1) is 0 Å². The van der Waals surface area contributed by atoms with Gasteiger partial charge in [0.15, 0.2) is 11.5 Å². The highest BCUT2D eigenvalue weighted by atomic mass is 35.5. The number of hydrogen-bond donors (Lipinski definition) is 1. The highest BCUT2D eigenvalue weighted by Gasteiger charge is 2.30. The van der Waals surface area contributed by atoms with Crippen molar-refractivity contribution in [2.75, 3.05) is 33.9 Å². The van der Waals surface area contributed by atoms with Crippen LogP contribution < -0.4 is 19.5 Å². The molecular formula is C23H29ClN2O6S. The average molecular weight is 497 g/mol. The monoisotopic (exact) mass is 496 g/mol. The molecular weight excluding hydrogens is 468 g/mol. The van der Waals surface area contributed by atoms with Crippen LogP contribution >= 0.6 is 11.6 Å². The van der Waals surface area contributed by atoms with E-state index >= 15 is 0 Å². The van der Waals surface area contributed by atoms with Crippen molar-refractivity contribution in [3.8, 4) is 17.2 Å². The van der Waals surface area contributed by atoms with Crippen LogP contribution in [0.25, 0.3) is 0 Å². The van der Waals surface area contributed by atoms with Gasteiger partial charge in [-0.2, -0.15) is 4.31 Å². The molecule has 0 saturated carbocycles.